The highest BCUT2D eigenvalue weighted by Crippen LogP contribution is 2.25. The van der Waals surface area contributed by atoms with Gasteiger partial charge in [-0.3, -0.25) is 9.59 Å². The molecule has 2 N–H and O–H groups in total. The van der Waals surface area contributed by atoms with Crippen molar-refractivity contribution in [3.8, 4) is 0 Å². The molecule has 0 unspecified atom stereocenters. The highest BCUT2D eigenvalue weighted by atomic mass is 16.2. The summed E-state index contributed by atoms with van der Waals surface area (Å²) in [7, 11) is 1.92. The van der Waals surface area contributed by atoms with Crippen LogP contribution in [0.15, 0.2) is 24.3 Å². The van der Waals surface area contributed by atoms with Crippen LogP contribution in [0.1, 0.15) is 35.3 Å². The summed E-state index contributed by atoms with van der Waals surface area (Å²) in [5.41, 5.74) is 2.33. The van der Waals surface area contributed by atoms with E-state index in [1.165, 1.54) is 25.9 Å². The molecule has 24 heavy (non-hydrogen) atoms. The van der Waals surface area contributed by atoms with E-state index in [0.717, 1.165) is 29.6 Å². The van der Waals surface area contributed by atoms with Gasteiger partial charge in [-0.2, -0.15) is 0 Å². The first kappa shape index (κ1) is 16.7. The molecule has 0 saturated carbocycles. The SMILES string of the molecule is Cc1c(C(=O)C(=O)NCCC[NH+]2CCCC2)c2ccccc2n1C. The predicted octanol–water partition coefficient (Wildman–Crippen LogP) is 0.854. The average molecular weight is 328 g/mol. The number of ketones is 1. The van der Waals surface area contributed by atoms with E-state index in [-0.39, 0.29) is 0 Å². The number of nitrogens with zero attached hydrogens (tertiary/aromatic N) is 1. The van der Waals surface area contributed by atoms with Crippen molar-refractivity contribution in [1.82, 2.24) is 9.88 Å². The minimum Gasteiger partial charge on any atom is -0.349 e. The Bertz CT molecular complexity index is 757. The Morgan fingerprint density at radius 3 is 2.67 bits per heavy atom. The van der Waals surface area contributed by atoms with Crippen molar-refractivity contribution in [2.24, 2.45) is 7.05 Å². The lowest BCUT2D eigenvalue weighted by atomic mass is 10.1. The summed E-state index contributed by atoms with van der Waals surface area (Å²) in [6.45, 7) is 6.00. The molecule has 0 radical (unpaired) electrons. The minimum absolute atomic E-state index is 0.433. The molecule has 0 aliphatic carbocycles. The van der Waals surface area contributed by atoms with Crippen molar-refractivity contribution in [1.29, 1.82) is 0 Å². The number of aromatic nitrogens is 1. The largest absolute Gasteiger partial charge is 0.349 e. The second-order valence-electron chi connectivity index (χ2n) is 6.68. The third-order valence-electron chi connectivity index (χ3n) is 5.14. The third-order valence-corrected chi connectivity index (χ3v) is 5.14. The first-order chi connectivity index (χ1) is 11.6. The lowest BCUT2D eigenvalue weighted by molar-refractivity contribution is -0.887. The zero-order valence-electron chi connectivity index (χ0n) is 14.5. The number of nitrogens with one attached hydrogen (secondary N) is 2. The number of amides is 1. The fourth-order valence-electron chi connectivity index (χ4n) is 3.67. The molecule has 5 nitrogen and oxygen atoms in total. The maximum absolute atomic E-state index is 12.6. The van der Waals surface area contributed by atoms with Crippen LogP contribution in [0.4, 0.5) is 0 Å². The van der Waals surface area contributed by atoms with Crippen LogP contribution in [0.25, 0.3) is 10.9 Å². The van der Waals surface area contributed by atoms with Gasteiger partial charge in [0.1, 0.15) is 0 Å². The molecule has 1 aromatic heterocycles. The van der Waals surface area contributed by atoms with E-state index in [4.69, 9.17) is 0 Å². The Labute approximate surface area is 142 Å². The number of aryl methyl sites for hydroxylation is 1. The molecule has 0 bridgehead atoms. The van der Waals surface area contributed by atoms with Crippen LogP contribution in [0.5, 0.6) is 0 Å². The van der Waals surface area contributed by atoms with Crippen molar-refractivity contribution in [3.63, 3.8) is 0 Å². The first-order valence-electron chi connectivity index (χ1n) is 8.79. The lowest BCUT2D eigenvalue weighted by Crippen LogP contribution is -3.10. The minimum atomic E-state index is -0.495. The van der Waals surface area contributed by atoms with E-state index in [1.54, 1.807) is 4.90 Å². The number of Topliss-reactive ketones (excluding diaryl/α,β-unsaturated/α-hetero) is 1. The number of carbonyl (C=O) groups is 2. The average Bonchev–Trinajstić information content (AvgIpc) is 3.19. The molecule has 1 amide bonds. The zero-order valence-corrected chi connectivity index (χ0v) is 14.5. The number of para-hydroxylation sites is 1. The van der Waals surface area contributed by atoms with E-state index < -0.39 is 11.7 Å². The summed E-state index contributed by atoms with van der Waals surface area (Å²) in [5, 5.41) is 3.64. The number of likely N-dealkylation sites (tertiary alicyclic amines) is 1. The Morgan fingerprint density at radius 1 is 1.21 bits per heavy atom. The van der Waals surface area contributed by atoms with Crippen LogP contribution in [0.3, 0.4) is 0 Å². The second-order valence-corrected chi connectivity index (χ2v) is 6.68. The van der Waals surface area contributed by atoms with Crippen LogP contribution >= 0.6 is 0 Å². The molecule has 0 spiro atoms. The molecule has 128 valence electrons. The topological polar surface area (TPSA) is 55.5 Å². The first-order valence-corrected chi connectivity index (χ1v) is 8.79. The smallest absolute Gasteiger partial charge is 0.292 e. The molecular weight excluding hydrogens is 302 g/mol. The molecule has 2 aromatic rings. The van der Waals surface area contributed by atoms with Gasteiger partial charge < -0.3 is 14.8 Å². The van der Waals surface area contributed by atoms with E-state index in [2.05, 4.69) is 5.32 Å². The molecule has 1 fully saturated rings. The molecular formula is C19H26N3O2+. The summed E-state index contributed by atoms with van der Waals surface area (Å²) in [5.74, 6) is -0.927. The van der Waals surface area contributed by atoms with Gasteiger partial charge in [-0.05, 0) is 13.0 Å². The van der Waals surface area contributed by atoms with Crippen LogP contribution in [0, 0.1) is 6.92 Å². The maximum Gasteiger partial charge on any atom is 0.292 e. The van der Waals surface area contributed by atoms with Gasteiger partial charge in [0.25, 0.3) is 11.7 Å². The Balaban J connectivity index is 1.63. The number of quaternary nitrogens is 1. The van der Waals surface area contributed by atoms with Crippen molar-refractivity contribution < 1.29 is 14.5 Å². The highest BCUT2D eigenvalue weighted by molar-refractivity contribution is 6.45. The zero-order chi connectivity index (χ0) is 17.1. The number of fused-ring (bicyclic) bond motifs is 1. The number of hydrogen-bond acceptors (Lipinski definition) is 2. The fourth-order valence-corrected chi connectivity index (χ4v) is 3.67. The summed E-state index contributed by atoms with van der Waals surface area (Å²) < 4.78 is 1.96. The standard InChI is InChI=1S/C19H25N3O2/c1-14-17(15-8-3-4-9-16(15)21(14)2)18(23)19(24)20-10-7-13-22-11-5-6-12-22/h3-4,8-9H,5-7,10-13H2,1-2H3,(H,20,24)/p+1. The summed E-state index contributed by atoms with van der Waals surface area (Å²) >= 11 is 0. The highest BCUT2D eigenvalue weighted by Gasteiger charge is 2.24. The number of rotatable bonds is 6. The van der Waals surface area contributed by atoms with E-state index in [9.17, 15) is 9.59 Å². The molecule has 5 heteroatoms. The molecule has 3 rings (SSSR count). The van der Waals surface area contributed by atoms with Crippen LogP contribution < -0.4 is 10.2 Å². The van der Waals surface area contributed by atoms with Crippen LogP contribution in [0.2, 0.25) is 0 Å². The van der Waals surface area contributed by atoms with Gasteiger partial charge >= 0.3 is 0 Å². The lowest BCUT2D eigenvalue weighted by Gasteiger charge is -2.11. The van der Waals surface area contributed by atoms with Gasteiger partial charge in [0.2, 0.25) is 0 Å². The second kappa shape index (κ2) is 7.18. The molecule has 1 saturated heterocycles. The van der Waals surface area contributed by atoms with E-state index in [0.29, 0.717) is 12.1 Å². The number of carbonyl (C=O) groups excluding carboxylic acids is 2. The van der Waals surface area contributed by atoms with Crippen molar-refractivity contribution in [2.45, 2.75) is 26.2 Å². The molecule has 1 aromatic carbocycles. The quantitative estimate of drug-likeness (QED) is 0.469. The van der Waals surface area contributed by atoms with Gasteiger partial charge in [-0.1, -0.05) is 18.2 Å². The molecule has 1 aliphatic rings. The Kier molecular flexibility index (Phi) is 5.00. The maximum atomic E-state index is 12.6. The van der Waals surface area contributed by atoms with Crippen LogP contribution in [-0.4, -0.2) is 42.4 Å². The van der Waals surface area contributed by atoms with E-state index >= 15 is 0 Å². The van der Waals surface area contributed by atoms with Crippen molar-refractivity contribution >= 4 is 22.6 Å². The normalized spacial score (nSPS) is 15.1. The fraction of sp³-hybridized carbons (Fsp3) is 0.474. The molecule has 2 heterocycles. The van der Waals surface area contributed by atoms with Gasteiger partial charge in [-0.25, -0.2) is 0 Å². The summed E-state index contributed by atoms with van der Waals surface area (Å²) in [4.78, 5) is 26.5. The van der Waals surface area contributed by atoms with Gasteiger partial charge in [0.15, 0.2) is 0 Å². The van der Waals surface area contributed by atoms with Gasteiger partial charge in [0.05, 0.1) is 25.2 Å². The van der Waals surface area contributed by atoms with Gasteiger partial charge in [0, 0.05) is 49.5 Å². The summed E-state index contributed by atoms with van der Waals surface area (Å²) in [6, 6.07) is 7.71. The molecule has 0 atom stereocenters. The van der Waals surface area contributed by atoms with Crippen molar-refractivity contribution in [3.05, 3.63) is 35.5 Å². The Morgan fingerprint density at radius 2 is 1.92 bits per heavy atom. The van der Waals surface area contributed by atoms with Gasteiger partial charge in [-0.15, -0.1) is 0 Å². The molecule has 1 aliphatic heterocycles. The monoisotopic (exact) mass is 328 g/mol. The van der Waals surface area contributed by atoms with Crippen molar-refractivity contribution in [2.75, 3.05) is 26.2 Å². The summed E-state index contributed by atoms with van der Waals surface area (Å²) in [6.07, 6.45) is 3.53. The van der Waals surface area contributed by atoms with E-state index in [1.807, 2.05) is 42.8 Å². The number of hydrogen-bond donors (Lipinski definition) is 2. The predicted molar refractivity (Wildman–Crippen MR) is 94.4 cm³/mol. The van der Waals surface area contributed by atoms with Crippen LogP contribution in [-0.2, 0) is 11.8 Å². The third kappa shape index (κ3) is 3.22. The Hall–Kier alpha value is -2.14. The number of benzene rings is 1.